The van der Waals surface area contributed by atoms with Crippen molar-refractivity contribution in [3.8, 4) is 0 Å². The number of ether oxygens (including phenoxy) is 1. The second kappa shape index (κ2) is 5.31. The molecule has 19 heavy (non-hydrogen) atoms. The first-order valence-electron chi connectivity index (χ1n) is 5.90. The molecule has 1 atom stereocenters. The van der Waals surface area contributed by atoms with Gasteiger partial charge in [-0.3, -0.25) is 0 Å². The lowest BCUT2D eigenvalue weighted by molar-refractivity contribution is 0.109. The quantitative estimate of drug-likeness (QED) is 0.761. The third-order valence-corrected chi connectivity index (χ3v) is 2.64. The summed E-state index contributed by atoms with van der Waals surface area (Å²) in [6, 6.07) is -0.0481. The first-order valence-corrected chi connectivity index (χ1v) is 5.90. The zero-order valence-corrected chi connectivity index (χ0v) is 11.3. The van der Waals surface area contributed by atoms with Crippen molar-refractivity contribution in [3.05, 3.63) is 22.2 Å². The predicted molar refractivity (Wildman–Crippen MR) is 63.5 cm³/mol. The number of methoxy groups -OCH3 is 1. The van der Waals surface area contributed by atoms with Crippen LogP contribution in [0.2, 0.25) is 0 Å². The highest BCUT2D eigenvalue weighted by atomic mass is 16.5. The van der Waals surface area contributed by atoms with E-state index in [1.807, 2.05) is 13.8 Å². The average molecular weight is 268 g/mol. The first kappa shape index (κ1) is 13.4. The predicted octanol–water partition coefficient (Wildman–Crippen LogP) is 0.159. The molecule has 0 spiro atoms. The van der Waals surface area contributed by atoms with E-state index in [9.17, 15) is 4.79 Å². The maximum absolute atomic E-state index is 11.9. The standard InChI is InChI=1S/C10H16N6O3/c1-6(2)16-10(17)15(13-14-16)5-8-11-9(12-19-8)7(3)18-4/h6-7H,5H2,1-4H3. The van der Waals surface area contributed by atoms with Crippen molar-refractivity contribution in [1.82, 2.24) is 29.9 Å². The van der Waals surface area contributed by atoms with Gasteiger partial charge in [0.2, 0.25) is 5.89 Å². The summed E-state index contributed by atoms with van der Waals surface area (Å²) in [5.74, 6) is 0.721. The summed E-state index contributed by atoms with van der Waals surface area (Å²) >= 11 is 0. The van der Waals surface area contributed by atoms with Crippen LogP contribution in [-0.4, -0.2) is 37.0 Å². The van der Waals surface area contributed by atoms with Crippen molar-refractivity contribution >= 4 is 0 Å². The Morgan fingerprint density at radius 3 is 2.63 bits per heavy atom. The molecule has 0 N–H and O–H groups in total. The summed E-state index contributed by atoms with van der Waals surface area (Å²) in [5, 5.41) is 11.3. The van der Waals surface area contributed by atoms with Gasteiger partial charge >= 0.3 is 5.69 Å². The monoisotopic (exact) mass is 268 g/mol. The van der Waals surface area contributed by atoms with Crippen molar-refractivity contribution in [3.63, 3.8) is 0 Å². The van der Waals surface area contributed by atoms with Crippen molar-refractivity contribution in [1.29, 1.82) is 0 Å². The summed E-state index contributed by atoms with van der Waals surface area (Å²) in [6.07, 6.45) is -0.263. The van der Waals surface area contributed by atoms with Crippen LogP contribution in [0.5, 0.6) is 0 Å². The van der Waals surface area contributed by atoms with E-state index in [0.717, 1.165) is 0 Å². The lowest BCUT2D eigenvalue weighted by atomic mass is 10.4. The minimum atomic E-state index is -0.311. The minimum Gasteiger partial charge on any atom is -0.374 e. The Hall–Kier alpha value is -2.03. The first-order chi connectivity index (χ1) is 9.02. The van der Waals surface area contributed by atoms with Gasteiger partial charge in [-0.2, -0.15) is 14.3 Å². The molecule has 0 aliphatic carbocycles. The Balaban J connectivity index is 2.18. The van der Waals surface area contributed by atoms with E-state index in [1.54, 1.807) is 14.0 Å². The number of rotatable bonds is 5. The van der Waals surface area contributed by atoms with Crippen molar-refractivity contribution in [2.75, 3.05) is 7.11 Å². The van der Waals surface area contributed by atoms with Gasteiger partial charge < -0.3 is 9.26 Å². The molecule has 2 heterocycles. The Bertz CT molecular complexity index is 598. The molecule has 0 saturated carbocycles. The Morgan fingerprint density at radius 2 is 2.05 bits per heavy atom. The fraction of sp³-hybridized carbons (Fsp3) is 0.700. The van der Waals surface area contributed by atoms with Gasteiger partial charge in [0.05, 0.1) is 6.04 Å². The second-order valence-corrected chi connectivity index (χ2v) is 4.38. The molecule has 0 fully saturated rings. The molecule has 0 aliphatic heterocycles. The van der Waals surface area contributed by atoms with Crippen LogP contribution < -0.4 is 5.69 Å². The molecule has 0 saturated heterocycles. The van der Waals surface area contributed by atoms with E-state index >= 15 is 0 Å². The number of hydrogen-bond donors (Lipinski definition) is 0. The molecular weight excluding hydrogens is 252 g/mol. The van der Waals surface area contributed by atoms with Crippen LogP contribution in [0.1, 0.15) is 44.6 Å². The third-order valence-electron chi connectivity index (χ3n) is 2.64. The van der Waals surface area contributed by atoms with Crippen LogP contribution in [0.25, 0.3) is 0 Å². The van der Waals surface area contributed by atoms with Crippen LogP contribution in [0.4, 0.5) is 0 Å². The molecule has 104 valence electrons. The van der Waals surface area contributed by atoms with Crippen molar-refractivity contribution in [2.45, 2.75) is 39.5 Å². The molecule has 0 aliphatic rings. The van der Waals surface area contributed by atoms with Gasteiger partial charge in [-0.25, -0.2) is 4.79 Å². The van der Waals surface area contributed by atoms with Gasteiger partial charge in [-0.05, 0) is 31.2 Å². The molecule has 1 unspecified atom stereocenters. The fourth-order valence-electron chi connectivity index (χ4n) is 1.44. The number of tetrazole rings is 1. The molecule has 0 amide bonds. The van der Waals surface area contributed by atoms with E-state index in [2.05, 4.69) is 20.6 Å². The Labute approximate surface area is 109 Å². The summed E-state index contributed by atoms with van der Waals surface area (Å²) < 4.78 is 12.6. The van der Waals surface area contributed by atoms with Crippen LogP contribution in [0.15, 0.2) is 9.32 Å². The zero-order valence-electron chi connectivity index (χ0n) is 11.3. The molecular formula is C10H16N6O3. The largest absolute Gasteiger partial charge is 0.374 e. The van der Waals surface area contributed by atoms with E-state index in [1.165, 1.54) is 9.36 Å². The van der Waals surface area contributed by atoms with Crippen LogP contribution >= 0.6 is 0 Å². The maximum atomic E-state index is 11.9. The Kier molecular flexibility index (Phi) is 3.74. The second-order valence-electron chi connectivity index (χ2n) is 4.38. The SMILES string of the molecule is COC(C)c1noc(Cn2nnn(C(C)C)c2=O)n1. The van der Waals surface area contributed by atoms with E-state index in [4.69, 9.17) is 9.26 Å². The van der Waals surface area contributed by atoms with Gasteiger partial charge in [0.25, 0.3) is 0 Å². The zero-order chi connectivity index (χ0) is 14.0. The average Bonchev–Trinajstić information content (AvgIpc) is 2.97. The van der Waals surface area contributed by atoms with Crippen molar-refractivity contribution < 1.29 is 9.26 Å². The van der Waals surface area contributed by atoms with Gasteiger partial charge in [-0.15, -0.1) is 0 Å². The lowest BCUT2D eigenvalue weighted by Gasteiger charge is -2.00. The highest BCUT2D eigenvalue weighted by molar-refractivity contribution is 4.90. The molecule has 0 bridgehead atoms. The van der Waals surface area contributed by atoms with Gasteiger partial charge in [0.1, 0.15) is 12.6 Å². The van der Waals surface area contributed by atoms with E-state index in [-0.39, 0.29) is 30.3 Å². The van der Waals surface area contributed by atoms with Crippen LogP contribution in [-0.2, 0) is 11.3 Å². The van der Waals surface area contributed by atoms with Crippen molar-refractivity contribution in [2.24, 2.45) is 0 Å². The lowest BCUT2D eigenvalue weighted by Crippen LogP contribution is -2.27. The smallest absolute Gasteiger partial charge is 0.364 e. The summed E-state index contributed by atoms with van der Waals surface area (Å²) in [7, 11) is 1.55. The summed E-state index contributed by atoms with van der Waals surface area (Å²) in [5.41, 5.74) is -0.311. The normalized spacial score (nSPS) is 13.1. The molecule has 2 aromatic heterocycles. The summed E-state index contributed by atoms with van der Waals surface area (Å²) in [6.45, 7) is 5.60. The molecule has 9 heteroatoms. The maximum Gasteiger partial charge on any atom is 0.364 e. The van der Waals surface area contributed by atoms with Gasteiger partial charge in [0, 0.05) is 7.11 Å². The van der Waals surface area contributed by atoms with E-state index in [0.29, 0.717) is 5.82 Å². The summed E-state index contributed by atoms with van der Waals surface area (Å²) in [4.78, 5) is 16.0. The molecule has 9 nitrogen and oxygen atoms in total. The number of nitrogens with zero attached hydrogens (tertiary/aromatic N) is 6. The van der Waals surface area contributed by atoms with Crippen LogP contribution in [0.3, 0.4) is 0 Å². The number of hydrogen-bond acceptors (Lipinski definition) is 7. The third kappa shape index (κ3) is 2.70. The van der Waals surface area contributed by atoms with E-state index < -0.39 is 0 Å². The fourth-order valence-corrected chi connectivity index (χ4v) is 1.44. The molecule has 2 aromatic rings. The highest BCUT2D eigenvalue weighted by Gasteiger charge is 2.16. The topological polar surface area (TPSA) is 101 Å². The number of aromatic nitrogens is 6. The molecule has 0 aromatic carbocycles. The molecule has 0 radical (unpaired) electrons. The highest BCUT2D eigenvalue weighted by Crippen LogP contribution is 2.11. The molecule has 2 rings (SSSR count). The van der Waals surface area contributed by atoms with Crippen LogP contribution in [0, 0.1) is 0 Å². The minimum absolute atomic E-state index is 0.0481. The van der Waals surface area contributed by atoms with Gasteiger partial charge in [0.15, 0.2) is 5.82 Å². The Morgan fingerprint density at radius 1 is 1.32 bits per heavy atom. The van der Waals surface area contributed by atoms with Gasteiger partial charge in [-0.1, -0.05) is 5.16 Å².